The van der Waals surface area contributed by atoms with Crippen molar-refractivity contribution in [3.8, 4) is 0 Å². The zero-order valence-corrected chi connectivity index (χ0v) is 18.0. The fourth-order valence-electron chi connectivity index (χ4n) is 4.40. The average molecular weight is 408 g/mol. The molecule has 2 fully saturated rings. The van der Waals surface area contributed by atoms with E-state index in [1.807, 2.05) is 12.1 Å². The normalized spacial score (nSPS) is 18.8. The Kier molecular flexibility index (Phi) is 7.03. The van der Waals surface area contributed by atoms with Crippen LogP contribution in [0.4, 0.5) is 5.69 Å². The van der Waals surface area contributed by atoms with Crippen molar-refractivity contribution < 1.29 is 9.53 Å². The van der Waals surface area contributed by atoms with Gasteiger partial charge in [-0.05, 0) is 56.0 Å². The summed E-state index contributed by atoms with van der Waals surface area (Å²) in [6, 6.07) is 16.9. The van der Waals surface area contributed by atoms with Crippen LogP contribution in [-0.4, -0.2) is 56.7 Å². The number of carbonyl (C=O) groups is 1. The minimum atomic E-state index is -0.00874. The minimum Gasteiger partial charge on any atom is -0.379 e. The fraction of sp³-hybridized carbons (Fsp3) is 0.480. The van der Waals surface area contributed by atoms with Gasteiger partial charge in [0.05, 0.1) is 19.3 Å². The van der Waals surface area contributed by atoms with Gasteiger partial charge >= 0.3 is 0 Å². The zero-order valence-electron chi connectivity index (χ0n) is 18.0. The second-order valence-electron chi connectivity index (χ2n) is 8.38. The molecule has 2 aliphatic rings. The van der Waals surface area contributed by atoms with Crippen molar-refractivity contribution in [2.75, 3.05) is 50.8 Å². The van der Waals surface area contributed by atoms with E-state index in [1.165, 1.54) is 36.1 Å². The van der Waals surface area contributed by atoms with Crippen molar-refractivity contribution in [2.24, 2.45) is 0 Å². The predicted octanol–water partition coefficient (Wildman–Crippen LogP) is 3.79. The smallest absolute Gasteiger partial charge is 0.251 e. The molecule has 1 N–H and O–H groups in total. The van der Waals surface area contributed by atoms with Crippen LogP contribution in [0.2, 0.25) is 0 Å². The van der Waals surface area contributed by atoms with Gasteiger partial charge in [0, 0.05) is 44.0 Å². The molecular formula is C25H33N3O2. The van der Waals surface area contributed by atoms with Crippen LogP contribution in [0.3, 0.4) is 0 Å². The monoisotopic (exact) mass is 407 g/mol. The predicted molar refractivity (Wildman–Crippen MR) is 121 cm³/mol. The lowest BCUT2D eigenvalue weighted by Crippen LogP contribution is -2.43. The summed E-state index contributed by atoms with van der Waals surface area (Å²) < 4.78 is 5.53. The van der Waals surface area contributed by atoms with E-state index in [9.17, 15) is 4.79 Å². The van der Waals surface area contributed by atoms with Crippen molar-refractivity contribution in [2.45, 2.75) is 32.2 Å². The van der Waals surface area contributed by atoms with E-state index in [0.717, 1.165) is 45.0 Å². The van der Waals surface area contributed by atoms with Gasteiger partial charge in [0.1, 0.15) is 0 Å². The SMILES string of the molecule is Cc1ccc([C@H](CNC(=O)c2ccc(N3CCCCC3)cc2)N2CCOCC2)cc1. The highest BCUT2D eigenvalue weighted by atomic mass is 16.5. The molecule has 5 heteroatoms. The van der Waals surface area contributed by atoms with E-state index >= 15 is 0 Å². The van der Waals surface area contributed by atoms with E-state index in [2.05, 4.69) is 58.4 Å². The average Bonchev–Trinajstić information content (AvgIpc) is 2.81. The lowest BCUT2D eigenvalue weighted by atomic mass is 10.0. The highest BCUT2D eigenvalue weighted by Crippen LogP contribution is 2.23. The Morgan fingerprint density at radius 1 is 0.933 bits per heavy atom. The molecule has 2 aromatic carbocycles. The third-order valence-electron chi connectivity index (χ3n) is 6.26. The van der Waals surface area contributed by atoms with Crippen molar-refractivity contribution in [1.82, 2.24) is 10.2 Å². The Labute approximate surface area is 180 Å². The Morgan fingerprint density at radius 2 is 1.60 bits per heavy atom. The number of anilines is 1. The van der Waals surface area contributed by atoms with Gasteiger partial charge < -0.3 is 15.0 Å². The Hall–Kier alpha value is -2.37. The summed E-state index contributed by atoms with van der Waals surface area (Å²) in [6.07, 6.45) is 3.83. The largest absolute Gasteiger partial charge is 0.379 e. The standard InChI is InChI=1S/C25H33N3O2/c1-20-5-7-21(8-6-20)24(28-15-17-30-18-16-28)19-26-25(29)22-9-11-23(12-10-22)27-13-3-2-4-14-27/h5-12,24H,2-4,13-19H2,1H3,(H,26,29)/t24-/m0/s1. The first-order valence-corrected chi connectivity index (χ1v) is 11.2. The molecule has 0 aromatic heterocycles. The second kappa shape index (κ2) is 10.1. The van der Waals surface area contributed by atoms with E-state index < -0.39 is 0 Å². The van der Waals surface area contributed by atoms with Crippen LogP contribution in [-0.2, 0) is 4.74 Å². The molecule has 160 valence electrons. The molecule has 0 unspecified atom stereocenters. The number of hydrogen-bond donors (Lipinski definition) is 1. The number of benzene rings is 2. The van der Waals surface area contributed by atoms with Gasteiger partial charge in [0.2, 0.25) is 0 Å². The quantitative estimate of drug-likeness (QED) is 0.791. The highest BCUT2D eigenvalue weighted by Gasteiger charge is 2.23. The topological polar surface area (TPSA) is 44.8 Å². The van der Waals surface area contributed by atoms with Crippen molar-refractivity contribution in [1.29, 1.82) is 0 Å². The first-order valence-electron chi connectivity index (χ1n) is 11.2. The van der Waals surface area contributed by atoms with E-state index in [4.69, 9.17) is 4.74 Å². The van der Waals surface area contributed by atoms with Crippen LogP contribution >= 0.6 is 0 Å². The number of nitrogens with one attached hydrogen (secondary N) is 1. The fourth-order valence-corrected chi connectivity index (χ4v) is 4.40. The molecule has 0 bridgehead atoms. The molecule has 0 aliphatic carbocycles. The first kappa shape index (κ1) is 20.9. The molecule has 0 radical (unpaired) electrons. The number of aryl methyl sites for hydroxylation is 1. The summed E-state index contributed by atoms with van der Waals surface area (Å²) in [7, 11) is 0. The van der Waals surface area contributed by atoms with Crippen molar-refractivity contribution in [3.05, 3.63) is 65.2 Å². The molecule has 30 heavy (non-hydrogen) atoms. The number of hydrogen-bond acceptors (Lipinski definition) is 4. The summed E-state index contributed by atoms with van der Waals surface area (Å²) in [5, 5.41) is 3.17. The lowest BCUT2D eigenvalue weighted by molar-refractivity contribution is 0.0162. The number of nitrogens with zero attached hydrogens (tertiary/aromatic N) is 2. The van der Waals surface area contributed by atoms with Gasteiger partial charge in [-0.15, -0.1) is 0 Å². The van der Waals surface area contributed by atoms with E-state index in [-0.39, 0.29) is 11.9 Å². The molecule has 0 spiro atoms. The Morgan fingerprint density at radius 3 is 2.27 bits per heavy atom. The van der Waals surface area contributed by atoms with E-state index in [1.54, 1.807) is 0 Å². The third-order valence-corrected chi connectivity index (χ3v) is 6.26. The molecule has 2 heterocycles. The van der Waals surface area contributed by atoms with Crippen molar-refractivity contribution in [3.63, 3.8) is 0 Å². The van der Waals surface area contributed by atoms with Gasteiger partial charge in [0.25, 0.3) is 5.91 Å². The zero-order chi connectivity index (χ0) is 20.8. The molecule has 2 aromatic rings. The number of carbonyl (C=O) groups excluding carboxylic acids is 1. The summed E-state index contributed by atoms with van der Waals surface area (Å²) in [5.74, 6) is -0.00874. The van der Waals surface area contributed by atoms with Gasteiger partial charge in [-0.2, -0.15) is 0 Å². The molecule has 5 nitrogen and oxygen atoms in total. The third kappa shape index (κ3) is 5.21. The highest BCUT2D eigenvalue weighted by molar-refractivity contribution is 5.94. The van der Waals surface area contributed by atoms with Crippen LogP contribution in [0, 0.1) is 6.92 Å². The maximum Gasteiger partial charge on any atom is 0.251 e. The van der Waals surface area contributed by atoms with Crippen LogP contribution < -0.4 is 10.2 Å². The van der Waals surface area contributed by atoms with Crippen LogP contribution in [0.25, 0.3) is 0 Å². The van der Waals surface area contributed by atoms with Gasteiger partial charge in [0.15, 0.2) is 0 Å². The van der Waals surface area contributed by atoms with Gasteiger partial charge in [-0.3, -0.25) is 9.69 Å². The lowest BCUT2D eigenvalue weighted by Gasteiger charge is -2.35. The number of piperidine rings is 1. The van der Waals surface area contributed by atoms with Gasteiger partial charge in [-0.25, -0.2) is 0 Å². The molecule has 2 saturated heterocycles. The summed E-state index contributed by atoms with van der Waals surface area (Å²) in [4.78, 5) is 17.7. The number of ether oxygens (including phenoxy) is 1. The van der Waals surface area contributed by atoms with Gasteiger partial charge in [-0.1, -0.05) is 29.8 Å². The summed E-state index contributed by atoms with van der Waals surface area (Å²) in [5.41, 5.74) is 4.43. The minimum absolute atomic E-state index is 0.00874. The van der Waals surface area contributed by atoms with E-state index in [0.29, 0.717) is 6.54 Å². The van der Waals surface area contributed by atoms with Crippen LogP contribution in [0.15, 0.2) is 48.5 Å². The van der Waals surface area contributed by atoms with Crippen LogP contribution in [0.1, 0.15) is 46.8 Å². The molecular weight excluding hydrogens is 374 g/mol. The number of amides is 1. The van der Waals surface area contributed by atoms with Crippen LogP contribution in [0.5, 0.6) is 0 Å². The number of rotatable bonds is 6. The Bertz CT molecular complexity index is 807. The molecule has 4 rings (SSSR count). The maximum absolute atomic E-state index is 12.8. The summed E-state index contributed by atoms with van der Waals surface area (Å²) >= 11 is 0. The summed E-state index contributed by atoms with van der Waals surface area (Å²) in [6.45, 7) is 8.19. The number of morpholine rings is 1. The molecule has 0 saturated carbocycles. The molecule has 1 amide bonds. The molecule has 1 atom stereocenters. The Balaban J connectivity index is 1.40. The second-order valence-corrected chi connectivity index (χ2v) is 8.38. The van der Waals surface area contributed by atoms with Crippen molar-refractivity contribution >= 4 is 11.6 Å². The first-order chi connectivity index (χ1) is 14.7. The molecule has 2 aliphatic heterocycles. The maximum atomic E-state index is 12.8.